The topological polar surface area (TPSA) is 47.5 Å². The number of hydrogen-bond donors (Lipinski definition) is 0. The Morgan fingerprint density at radius 3 is 2.41 bits per heavy atom. The summed E-state index contributed by atoms with van der Waals surface area (Å²) in [4.78, 5) is 9.04. The van der Waals surface area contributed by atoms with E-state index in [0.29, 0.717) is 28.9 Å². The predicted octanol–water partition coefficient (Wildman–Crippen LogP) is 4.49. The van der Waals surface area contributed by atoms with Crippen LogP contribution in [0.25, 0.3) is 0 Å². The highest BCUT2D eigenvalue weighted by Gasteiger charge is 2.16. The van der Waals surface area contributed by atoms with Crippen molar-refractivity contribution in [2.24, 2.45) is 0 Å². The van der Waals surface area contributed by atoms with Gasteiger partial charge in [0.15, 0.2) is 11.6 Å². The van der Waals surface area contributed by atoms with Gasteiger partial charge in [-0.1, -0.05) is 0 Å². The summed E-state index contributed by atoms with van der Waals surface area (Å²) in [5, 5.41) is 0. The first kappa shape index (κ1) is 18.9. The normalized spacial score (nSPS) is 10.5. The lowest BCUT2D eigenvalue weighted by Crippen LogP contribution is -2.17. The molecule has 0 radical (unpaired) electrons. The van der Waals surface area contributed by atoms with Crippen LogP contribution >= 0.6 is 11.9 Å². The molecule has 140 valence electrons. The molecule has 3 aromatic rings. The van der Waals surface area contributed by atoms with Gasteiger partial charge in [-0.15, -0.1) is 0 Å². The standard InChI is InChI=1S/C19H17F2N3O2S/c1-25-14-5-4-13(18(10-14)26-2)12-24(19-22-8-3-9-23-19)27-15-6-7-16(20)17(21)11-15/h3-11H,12H2,1-2H3. The van der Waals surface area contributed by atoms with Crippen LogP contribution in [0.1, 0.15) is 5.56 Å². The number of halogens is 2. The third kappa shape index (κ3) is 4.65. The van der Waals surface area contributed by atoms with E-state index in [-0.39, 0.29) is 0 Å². The summed E-state index contributed by atoms with van der Waals surface area (Å²) in [6.07, 6.45) is 3.23. The van der Waals surface area contributed by atoms with Crippen molar-refractivity contribution in [2.45, 2.75) is 11.4 Å². The molecule has 5 nitrogen and oxygen atoms in total. The molecule has 0 atom stereocenters. The van der Waals surface area contributed by atoms with Crippen LogP contribution in [0.15, 0.2) is 59.8 Å². The predicted molar refractivity (Wildman–Crippen MR) is 100.0 cm³/mol. The number of ether oxygens (including phenoxy) is 2. The van der Waals surface area contributed by atoms with Crippen LogP contribution in [-0.2, 0) is 6.54 Å². The molecule has 0 saturated heterocycles. The van der Waals surface area contributed by atoms with Crippen molar-refractivity contribution in [2.75, 3.05) is 18.5 Å². The first-order valence-electron chi connectivity index (χ1n) is 7.99. The van der Waals surface area contributed by atoms with Crippen molar-refractivity contribution >= 4 is 17.9 Å². The minimum atomic E-state index is -0.907. The molecule has 0 saturated carbocycles. The van der Waals surface area contributed by atoms with Gasteiger partial charge in [-0.25, -0.2) is 18.7 Å². The molecule has 27 heavy (non-hydrogen) atoms. The maximum atomic E-state index is 13.6. The number of benzene rings is 2. The summed E-state index contributed by atoms with van der Waals surface area (Å²) >= 11 is 1.20. The molecule has 0 aliphatic heterocycles. The van der Waals surface area contributed by atoms with Gasteiger partial charge in [-0.2, -0.15) is 0 Å². The molecule has 0 fully saturated rings. The van der Waals surface area contributed by atoms with Crippen molar-refractivity contribution in [3.05, 3.63) is 72.1 Å². The average Bonchev–Trinajstić information content (AvgIpc) is 2.71. The lowest BCUT2D eigenvalue weighted by molar-refractivity contribution is 0.391. The summed E-state index contributed by atoms with van der Waals surface area (Å²) < 4.78 is 39.3. The van der Waals surface area contributed by atoms with Crippen molar-refractivity contribution in [1.82, 2.24) is 9.97 Å². The first-order valence-corrected chi connectivity index (χ1v) is 8.76. The van der Waals surface area contributed by atoms with E-state index in [9.17, 15) is 8.78 Å². The Morgan fingerprint density at radius 1 is 0.963 bits per heavy atom. The summed E-state index contributed by atoms with van der Waals surface area (Å²) in [5.74, 6) is -0.0488. The molecule has 0 bridgehead atoms. The van der Waals surface area contributed by atoms with Gasteiger partial charge in [0.05, 0.1) is 20.8 Å². The molecule has 0 spiro atoms. The Morgan fingerprint density at radius 2 is 1.74 bits per heavy atom. The molecule has 2 aromatic carbocycles. The maximum Gasteiger partial charge on any atom is 0.236 e. The van der Waals surface area contributed by atoms with E-state index in [0.717, 1.165) is 17.7 Å². The van der Waals surface area contributed by atoms with E-state index in [2.05, 4.69) is 9.97 Å². The molecule has 3 rings (SSSR count). The number of anilines is 1. The zero-order valence-electron chi connectivity index (χ0n) is 14.7. The summed E-state index contributed by atoms with van der Waals surface area (Å²) in [7, 11) is 3.15. The number of aromatic nitrogens is 2. The van der Waals surface area contributed by atoms with Crippen molar-refractivity contribution in [3.63, 3.8) is 0 Å². The second kappa shape index (κ2) is 8.68. The molecular weight excluding hydrogens is 372 g/mol. The number of nitrogens with zero attached hydrogens (tertiary/aromatic N) is 3. The number of methoxy groups -OCH3 is 2. The van der Waals surface area contributed by atoms with Gasteiger partial charge < -0.3 is 9.47 Å². The zero-order chi connectivity index (χ0) is 19.2. The minimum absolute atomic E-state index is 0.376. The lowest BCUT2D eigenvalue weighted by Gasteiger charge is -2.22. The average molecular weight is 389 g/mol. The highest BCUT2D eigenvalue weighted by atomic mass is 32.2. The highest BCUT2D eigenvalue weighted by Crippen LogP contribution is 2.32. The van der Waals surface area contributed by atoms with Gasteiger partial charge in [0.2, 0.25) is 5.95 Å². The molecule has 0 aliphatic carbocycles. The van der Waals surface area contributed by atoms with Crippen LogP contribution in [0.5, 0.6) is 11.5 Å². The number of rotatable bonds is 7. The molecule has 1 aromatic heterocycles. The van der Waals surface area contributed by atoms with Crippen molar-refractivity contribution in [1.29, 1.82) is 0 Å². The molecule has 0 N–H and O–H groups in total. The molecule has 0 amide bonds. The quantitative estimate of drug-likeness (QED) is 0.555. The third-order valence-electron chi connectivity index (χ3n) is 3.69. The van der Waals surface area contributed by atoms with Gasteiger partial charge in [-0.05, 0) is 48.3 Å². The molecule has 0 unspecified atom stereocenters. The van der Waals surface area contributed by atoms with Crippen molar-refractivity contribution < 1.29 is 18.3 Å². The summed E-state index contributed by atoms with van der Waals surface area (Å²) in [6.45, 7) is 0.376. The van der Waals surface area contributed by atoms with E-state index < -0.39 is 11.6 Å². The van der Waals surface area contributed by atoms with Crippen LogP contribution in [0, 0.1) is 11.6 Å². The second-order valence-corrected chi connectivity index (χ2v) is 6.53. The minimum Gasteiger partial charge on any atom is -0.497 e. The Bertz CT molecular complexity index is 913. The van der Waals surface area contributed by atoms with Crippen LogP contribution in [0.2, 0.25) is 0 Å². The smallest absolute Gasteiger partial charge is 0.236 e. The third-order valence-corrected chi connectivity index (χ3v) is 4.67. The molecule has 0 aliphatic rings. The Balaban J connectivity index is 1.92. The zero-order valence-corrected chi connectivity index (χ0v) is 15.5. The highest BCUT2D eigenvalue weighted by molar-refractivity contribution is 8.00. The molecular formula is C19H17F2N3O2S. The largest absolute Gasteiger partial charge is 0.497 e. The summed E-state index contributed by atoms with van der Waals surface area (Å²) in [6, 6.07) is 10.9. The first-order chi connectivity index (χ1) is 13.1. The molecule has 8 heteroatoms. The SMILES string of the molecule is COc1ccc(CN(Sc2ccc(F)c(F)c2)c2ncccn2)c(OC)c1. The van der Waals surface area contributed by atoms with E-state index in [1.54, 1.807) is 43.1 Å². The monoisotopic (exact) mass is 389 g/mol. The van der Waals surface area contributed by atoms with Crippen LogP contribution in [0.4, 0.5) is 14.7 Å². The van der Waals surface area contributed by atoms with Crippen LogP contribution < -0.4 is 13.8 Å². The Hall–Kier alpha value is -2.87. The second-order valence-electron chi connectivity index (χ2n) is 5.43. The number of hydrogen-bond acceptors (Lipinski definition) is 6. The van der Waals surface area contributed by atoms with E-state index >= 15 is 0 Å². The van der Waals surface area contributed by atoms with Gasteiger partial charge >= 0.3 is 0 Å². The van der Waals surface area contributed by atoms with E-state index in [1.807, 2.05) is 12.1 Å². The van der Waals surface area contributed by atoms with Crippen LogP contribution in [-0.4, -0.2) is 24.2 Å². The van der Waals surface area contributed by atoms with Crippen LogP contribution in [0.3, 0.4) is 0 Å². The van der Waals surface area contributed by atoms with Gasteiger partial charge in [0, 0.05) is 28.9 Å². The fourth-order valence-electron chi connectivity index (χ4n) is 2.36. The van der Waals surface area contributed by atoms with E-state index in [1.165, 1.54) is 18.0 Å². The van der Waals surface area contributed by atoms with Crippen molar-refractivity contribution in [3.8, 4) is 11.5 Å². The Labute approximate surface area is 160 Å². The van der Waals surface area contributed by atoms with Gasteiger partial charge in [0.1, 0.15) is 11.5 Å². The van der Waals surface area contributed by atoms with Gasteiger partial charge in [-0.3, -0.25) is 4.31 Å². The molecule has 1 heterocycles. The lowest BCUT2D eigenvalue weighted by atomic mass is 10.2. The fourth-order valence-corrected chi connectivity index (χ4v) is 3.28. The fraction of sp³-hybridized carbons (Fsp3) is 0.158. The van der Waals surface area contributed by atoms with Gasteiger partial charge in [0.25, 0.3) is 0 Å². The Kier molecular flexibility index (Phi) is 6.08. The van der Waals surface area contributed by atoms with E-state index in [4.69, 9.17) is 9.47 Å². The maximum absolute atomic E-state index is 13.6. The summed E-state index contributed by atoms with van der Waals surface area (Å²) in [5.41, 5.74) is 0.862.